The molecule has 0 aliphatic heterocycles. The topological polar surface area (TPSA) is 89.1 Å². The number of methoxy groups -OCH3 is 1. The first-order valence-corrected chi connectivity index (χ1v) is 3.77. The number of hydrogen-bond acceptors (Lipinski definition) is 5. The van der Waals surface area contributed by atoms with Gasteiger partial charge in [-0.2, -0.15) is 4.98 Å². The van der Waals surface area contributed by atoms with Crippen LogP contribution in [0.15, 0.2) is 12.7 Å². The first kappa shape index (κ1) is 10.0. The van der Waals surface area contributed by atoms with Gasteiger partial charge in [0.15, 0.2) is 0 Å². The van der Waals surface area contributed by atoms with Crippen molar-refractivity contribution in [2.24, 2.45) is 0 Å². The fraction of sp³-hybridized carbons (Fsp3) is 0.286. The van der Waals surface area contributed by atoms with Crippen molar-refractivity contribution >= 4 is 12.0 Å². The molecule has 76 valence electrons. The molecule has 1 rings (SSSR count). The van der Waals surface area contributed by atoms with Gasteiger partial charge in [0.1, 0.15) is 6.61 Å². The molecule has 0 unspecified atom stereocenters. The molecule has 0 fully saturated rings. The number of nitrogens with zero attached hydrogens (tertiary/aromatic N) is 2. The third kappa shape index (κ3) is 2.77. The lowest BCUT2D eigenvalue weighted by atomic mass is 10.7. The summed E-state index contributed by atoms with van der Waals surface area (Å²) in [5.74, 6) is 0.163. The Balaban J connectivity index is 2.43. The second-order valence-electron chi connectivity index (χ2n) is 2.18. The van der Waals surface area contributed by atoms with E-state index in [1.807, 2.05) is 0 Å². The average Bonchev–Trinajstić information content (AvgIpc) is 2.62. The first-order valence-electron chi connectivity index (χ1n) is 3.77. The zero-order valence-electron chi connectivity index (χ0n) is 7.61. The molecule has 0 atom stereocenters. The van der Waals surface area contributed by atoms with Crippen LogP contribution in [0.2, 0.25) is 0 Å². The van der Waals surface area contributed by atoms with Crippen LogP contribution in [0.1, 0.15) is 0 Å². The number of rotatable bonds is 4. The Hall–Kier alpha value is -2.05. The van der Waals surface area contributed by atoms with Crippen LogP contribution in [0, 0.1) is 0 Å². The monoisotopic (exact) mass is 198 g/mol. The van der Waals surface area contributed by atoms with Crippen molar-refractivity contribution < 1.29 is 14.3 Å². The number of anilines is 1. The van der Waals surface area contributed by atoms with Crippen LogP contribution in [0.4, 0.5) is 10.7 Å². The van der Waals surface area contributed by atoms with Crippen molar-refractivity contribution in [2.75, 3.05) is 19.0 Å². The smallest absolute Gasteiger partial charge is 0.414 e. The molecule has 0 aliphatic rings. The third-order valence-electron chi connectivity index (χ3n) is 1.20. The van der Waals surface area contributed by atoms with E-state index >= 15 is 0 Å². The van der Waals surface area contributed by atoms with Crippen molar-refractivity contribution in [1.29, 1.82) is 0 Å². The minimum Gasteiger partial charge on any atom is -0.466 e. The summed E-state index contributed by atoms with van der Waals surface area (Å²) in [5.41, 5.74) is 0. The highest BCUT2D eigenvalue weighted by Gasteiger charge is 2.06. The van der Waals surface area contributed by atoms with Gasteiger partial charge >= 0.3 is 12.1 Å². The predicted molar refractivity (Wildman–Crippen MR) is 48.1 cm³/mol. The number of aromatic amines is 1. The molecule has 1 aromatic heterocycles. The van der Waals surface area contributed by atoms with E-state index in [1.54, 1.807) is 0 Å². The Morgan fingerprint density at radius 3 is 3.14 bits per heavy atom. The Bertz CT molecular complexity index is 322. The Morgan fingerprint density at radius 1 is 1.79 bits per heavy atom. The van der Waals surface area contributed by atoms with Crippen molar-refractivity contribution in [3.8, 4) is 6.01 Å². The van der Waals surface area contributed by atoms with Gasteiger partial charge in [0.25, 0.3) is 0 Å². The number of hydrogen-bond donors (Lipinski definition) is 2. The summed E-state index contributed by atoms with van der Waals surface area (Å²) >= 11 is 0. The second kappa shape index (κ2) is 4.85. The Labute approximate surface area is 80.1 Å². The number of ether oxygens (including phenoxy) is 2. The summed E-state index contributed by atoms with van der Waals surface area (Å²) in [4.78, 5) is 14.7. The standard InChI is InChI=1S/C7H10N4O3/c1-3-4-14-7(12)9-5-8-6(13-2)11-10-5/h3H,1,4H2,2H3,(H2,8,9,10,11,12). The fourth-order valence-electron chi connectivity index (χ4n) is 0.661. The quantitative estimate of drug-likeness (QED) is 0.689. The number of aromatic nitrogens is 3. The number of amides is 1. The maximum atomic E-state index is 11.0. The number of carbonyl (C=O) groups excluding carboxylic acids is 1. The van der Waals surface area contributed by atoms with E-state index in [0.717, 1.165) is 0 Å². The zero-order valence-corrected chi connectivity index (χ0v) is 7.61. The van der Waals surface area contributed by atoms with E-state index in [0.29, 0.717) is 0 Å². The molecule has 2 N–H and O–H groups in total. The molecule has 14 heavy (non-hydrogen) atoms. The number of carbonyl (C=O) groups is 1. The highest BCUT2D eigenvalue weighted by molar-refractivity contribution is 5.82. The molecular weight excluding hydrogens is 188 g/mol. The van der Waals surface area contributed by atoms with Gasteiger partial charge in [-0.1, -0.05) is 12.7 Å². The van der Waals surface area contributed by atoms with E-state index in [1.165, 1.54) is 13.2 Å². The maximum absolute atomic E-state index is 11.0. The largest absolute Gasteiger partial charge is 0.466 e. The van der Waals surface area contributed by atoms with Gasteiger partial charge in [-0.05, 0) is 0 Å². The summed E-state index contributed by atoms with van der Waals surface area (Å²) in [6.45, 7) is 3.53. The van der Waals surface area contributed by atoms with Crippen LogP contribution in [0.5, 0.6) is 6.01 Å². The molecule has 0 bridgehead atoms. The van der Waals surface area contributed by atoms with Crippen LogP contribution >= 0.6 is 0 Å². The lowest BCUT2D eigenvalue weighted by Crippen LogP contribution is -2.14. The van der Waals surface area contributed by atoms with Gasteiger partial charge in [-0.25, -0.2) is 9.89 Å². The Morgan fingerprint density at radius 2 is 2.57 bits per heavy atom. The average molecular weight is 198 g/mol. The third-order valence-corrected chi connectivity index (χ3v) is 1.20. The maximum Gasteiger partial charge on any atom is 0.414 e. The molecule has 1 amide bonds. The molecule has 0 aliphatic carbocycles. The first-order chi connectivity index (χ1) is 6.76. The Kier molecular flexibility index (Phi) is 3.48. The van der Waals surface area contributed by atoms with Crippen LogP contribution in [0.3, 0.4) is 0 Å². The minimum absolute atomic E-state index is 0.136. The van der Waals surface area contributed by atoms with Crippen LogP contribution in [-0.4, -0.2) is 35.0 Å². The van der Waals surface area contributed by atoms with E-state index < -0.39 is 6.09 Å². The van der Waals surface area contributed by atoms with Gasteiger partial charge in [-0.3, -0.25) is 5.32 Å². The molecule has 1 heterocycles. The number of H-pyrrole nitrogens is 1. The number of nitrogens with one attached hydrogen (secondary N) is 2. The van der Waals surface area contributed by atoms with Gasteiger partial charge in [0, 0.05) is 0 Å². The van der Waals surface area contributed by atoms with Gasteiger partial charge in [0.2, 0.25) is 5.95 Å². The van der Waals surface area contributed by atoms with E-state index in [4.69, 9.17) is 4.74 Å². The molecule has 0 saturated carbocycles. The molecule has 7 heteroatoms. The van der Waals surface area contributed by atoms with Gasteiger partial charge < -0.3 is 9.47 Å². The van der Waals surface area contributed by atoms with Crippen molar-refractivity contribution in [1.82, 2.24) is 15.2 Å². The lowest BCUT2D eigenvalue weighted by molar-refractivity contribution is 0.174. The van der Waals surface area contributed by atoms with E-state index in [9.17, 15) is 4.79 Å². The van der Waals surface area contributed by atoms with Crippen LogP contribution in [-0.2, 0) is 4.74 Å². The summed E-state index contributed by atoms with van der Waals surface area (Å²) in [6, 6.07) is 0.143. The summed E-state index contributed by atoms with van der Waals surface area (Å²) in [7, 11) is 1.42. The highest BCUT2D eigenvalue weighted by atomic mass is 16.5. The van der Waals surface area contributed by atoms with Crippen molar-refractivity contribution in [3.63, 3.8) is 0 Å². The predicted octanol–water partition coefficient (Wildman–Crippen LogP) is 0.548. The SMILES string of the molecule is C=CCOC(=O)Nc1nc(OC)n[nH]1. The van der Waals surface area contributed by atoms with Gasteiger partial charge in [0.05, 0.1) is 7.11 Å². The van der Waals surface area contributed by atoms with Crippen molar-refractivity contribution in [3.05, 3.63) is 12.7 Å². The highest BCUT2D eigenvalue weighted by Crippen LogP contribution is 2.04. The minimum atomic E-state index is -0.635. The molecule has 1 aromatic rings. The van der Waals surface area contributed by atoms with Gasteiger partial charge in [-0.15, -0.1) is 5.10 Å². The van der Waals surface area contributed by atoms with Crippen LogP contribution in [0.25, 0.3) is 0 Å². The lowest BCUT2D eigenvalue weighted by Gasteiger charge is -2.00. The normalized spacial score (nSPS) is 9.21. The van der Waals surface area contributed by atoms with Crippen molar-refractivity contribution in [2.45, 2.75) is 0 Å². The molecule has 0 radical (unpaired) electrons. The van der Waals surface area contributed by atoms with E-state index in [-0.39, 0.29) is 18.6 Å². The molecule has 0 saturated heterocycles. The fourth-order valence-corrected chi connectivity index (χ4v) is 0.661. The second-order valence-corrected chi connectivity index (χ2v) is 2.18. The summed E-state index contributed by atoms with van der Waals surface area (Å²) < 4.78 is 9.34. The summed E-state index contributed by atoms with van der Waals surface area (Å²) in [6.07, 6.45) is 0.823. The zero-order chi connectivity index (χ0) is 10.4. The van der Waals surface area contributed by atoms with Crippen LogP contribution < -0.4 is 10.1 Å². The molecule has 7 nitrogen and oxygen atoms in total. The van der Waals surface area contributed by atoms with E-state index in [2.05, 4.69) is 31.8 Å². The summed E-state index contributed by atoms with van der Waals surface area (Å²) in [5, 5.41) is 8.37. The molecule has 0 aromatic carbocycles. The molecular formula is C7H10N4O3. The molecule has 0 spiro atoms.